The first-order valence-electron chi connectivity index (χ1n) is 13.6. The van der Waals surface area contributed by atoms with Crippen molar-refractivity contribution >= 4 is 24.3 Å². The predicted octanol–water partition coefficient (Wildman–Crippen LogP) is 7.16. The molecule has 0 spiro atoms. The summed E-state index contributed by atoms with van der Waals surface area (Å²) in [5.41, 5.74) is 1.18. The van der Waals surface area contributed by atoms with Crippen LogP contribution in [0.3, 0.4) is 0 Å². The van der Waals surface area contributed by atoms with E-state index in [1.54, 1.807) is 24.4 Å². The minimum Gasteiger partial charge on any atom is -0.481 e. The maximum absolute atomic E-state index is 12.8. The van der Waals surface area contributed by atoms with Crippen LogP contribution in [0.1, 0.15) is 65.2 Å². The third kappa shape index (κ3) is 14.9. The highest BCUT2D eigenvalue weighted by Gasteiger charge is 2.28. The number of aliphatic carboxylic acids is 1. The second kappa shape index (κ2) is 20.5. The molecule has 0 saturated heterocycles. The maximum atomic E-state index is 12.8. The molecule has 2 N–H and O–H groups in total. The molecule has 0 bridgehead atoms. The van der Waals surface area contributed by atoms with E-state index in [-0.39, 0.29) is 17.7 Å². The molecule has 6 heteroatoms. The number of amides is 1. The lowest BCUT2D eigenvalue weighted by Crippen LogP contribution is -2.24. The van der Waals surface area contributed by atoms with Crippen LogP contribution in [0.15, 0.2) is 95.3 Å². The van der Waals surface area contributed by atoms with Crippen LogP contribution in [0, 0.1) is 17.8 Å². The van der Waals surface area contributed by atoms with E-state index in [1.165, 1.54) is 0 Å². The Morgan fingerprint density at radius 3 is 2.63 bits per heavy atom. The lowest BCUT2D eigenvalue weighted by molar-refractivity contribution is -0.141. The predicted molar refractivity (Wildman–Crippen MR) is 160 cm³/mol. The van der Waals surface area contributed by atoms with Gasteiger partial charge in [0.05, 0.1) is 5.92 Å². The molecule has 1 amide bonds. The zero-order valence-corrected chi connectivity index (χ0v) is 23.1. The zero-order chi connectivity index (χ0) is 28.0. The minimum atomic E-state index is -0.706. The lowest BCUT2D eigenvalue weighted by Gasteiger charge is -2.06. The van der Waals surface area contributed by atoms with Crippen LogP contribution in [-0.4, -0.2) is 36.0 Å². The Kier molecular flexibility index (Phi) is 17.5. The lowest BCUT2D eigenvalue weighted by atomic mass is 10.0. The Labute approximate surface area is 229 Å². The molecule has 1 fully saturated rings. The van der Waals surface area contributed by atoms with Gasteiger partial charge in [-0.25, -0.2) is 0 Å². The van der Waals surface area contributed by atoms with Crippen LogP contribution in [0.2, 0.25) is 0 Å². The number of rotatable bonds is 18. The van der Waals surface area contributed by atoms with Crippen molar-refractivity contribution in [1.82, 2.24) is 5.32 Å². The molecule has 38 heavy (non-hydrogen) atoms. The average Bonchev–Trinajstić information content (AvgIpc) is 3.38. The monoisotopic (exact) mass is 519 g/mol. The Morgan fingerprint density at radius 2 is 1.95 bits per heavy atom. The average molecular weight is 520 g/mol. The number of allylic oxidation sites excluding steroid dienone is 8. The number of carboxylic acids is 1. The molecule has 1 aliphatic rings. The molecule has 0 aliphatic heterocycles. The van der Waals surface area contributed by atoms with Crippen molar-refractivity contribution in [2.45, 2.75) is 65.2 Å². The number of aliphatic imine (C=N–C) groups is 2. The van der Waals surface area contributed by atoms with Gasteiger partial charge in [0.15, 0.2) is 0 Å². The molecule has 3 unspecified atom stereocenters. The number of carboxylic acid groups (broad SMARTS) is 1. The van der Waals surface area contributed by atoms with Crippen LogP contribution >= 0.6 is 0 Å². The molecule has 1 rings (SSSR count). The number of unbranched alkanes of at least 4 members (excludes halogenated alkanes) is 1. The molecule has 0 aromatic rings. The molecular weight excluding hydrogens is 474 g/mol. The van der Waals surface area contributed by atoms with Gasteiger partial charge in [-0.2, -0.15) is 0 Å². The first-order valence-corrected chi connectivity index (χ1v) is 13.6. The summed E-state index contributed by atoms with van der Waals surface area (Å²) in [5.74, 6) is -0.642. The fourth-order valence-electron chi connectivity index (χ4n) is 3.97. The van der Waals surface area contributed by atoms with E-state index in [1.807, 2.05) is 43.7 Å². The number of hydrogen-bond donors (Lipinski definition) is 2. The summed E-state index contributed by atoms with van der Waals surface area (Å²) in [6, 6.07) is 0. The van der Waals surface area contributed by atoms with E-state index in [4.69, 9.17) is 0 Å². The summed E-state index contributed by atoms with van der Waals surface area (Å²) >= 11 is 0. The van der Waals surface area contributed by atoms with E-state index in [2.05, 4.69) is 47.5 Å². The highest BCUT2D eigenvalue weighted by molar-refractivity contribution is 5.96. The Morgan fingerprint density at radius 1 is 1.13 bits per heavy atom. The summed E-state index contributed by atoms with van der Waals surface area (Å²) in [7, 11) is 0. The zero-order valence-electron chi connectivity index (χ0n) is 23.1. The number of nitrogens with zero attached hydrogens (tertiary/aromatic N) is 2. The van der Waals surface area contributed by atoms with Crippen molar-refractivity contribution in [3.05, 3.63) is 85.3 Å². The highest BCUT2D eigenvalue weighted by atomic mass is 16.4. The van der Waals surface area contributed by atoms with E-state index in [0.29, 0.717) is 30.2 Å². The Balaban J connectivity index is 2.85. The number of hydrogen-bond acceptors (Lipinski definition) is 4. The van der Waals surface area contributed by atoms with Crippen molar-refractivity contribution in [3.8, 4) is 0 Å². The van der Waals surface area contributed by atoms with Gasteiger partial charge in [-0.1, -0.05) is 43.4 Å². The minimum absolute atomic E-state index is 0.157. The Hall–Kier alpha value is -3.54. The van der Waals surface area contributed by atoms with E-state index in [9.17, 15) is 14.7 Å². The van der Waals surface area contributed by atoms with Crippen LogP contribution in [0.25, 0.3) is 0 Å². The molecule has 0 heterocycles. The van der Waals surface area contributed by atoms with Crippen LogP contribution in [-0.2, 0) is 9.59 Å². The maximum Gasteiger partial charge on any atom is 0.306 e. The molecule has 1 saturated carbocycles. The summed E-state index contributed by atoms with van der Waals surface area (Å²) in [6.45, 7) is 12.0. The first-order chi connectivity index (χ1) is 18.4. The van der Waals surface area contributed by atoms with E-state index < -0.39 is 5.97 Å². The number of carbonyl (C=O) groups excluding carboxylic acids is 1. The molecule has 0 aromatic heterocycles. The second-order valence-corrected chi connectivity index (χ2v) is 9.37. The fourth-order valence-corrected chi connectivity index (χ4v) is 3.97. The van der Waals surface area contributed by atoms with Gasteiger partial charge < -0.3 is 10.4 Å². The highest BCUT2D eigenvalue weighted by Crippen LogP contribution is 2.32. The van der Waals surface area contributed by atoms with Gasteiger partial charge in [0.2, 0.25) is 0 Å². The SMILES string of the molecule is C=CCC/C=C/CNC(=O)C(/C=C(\C)N=CCC1CCC(C(=O)O)C1)=C/C=C/N=CC(C=C)C/C=C/CC. The second-order valence-electron chi connectivity index (χ2n) is 9.37. The number of carbonyl (C=O) groups is 2. The molecular formula is C32H45N3O3. The van der Waals surface area contributed by atoms with Crippen molar-refractivity contribution in [2.75, 3.05) is 6.54 Å². The summed E-state index contributed by atoms with van der Waals surface area (Å²) in [5, 5.41) is 12.1. The largest absolute Gasteiger partial charge is 0.481 e. The molecule has 3 atom stereocenters. The quantitative estimate of drug-likeness (QED) is 0.0662. The summed E-state index contributed by atoms with van der Waals surface area (Å²) in [6.07, 6.45) is 29.2. The van der Waals surface area contributed by atoms with Crippen LogP contribution < -0.4 is 5.32 Å². The topological polar surface area (TPSA) is 91.1 Å². The van der Waals surface area contributed by atoms with Gasteiger partial charge in [-0.15, -0.1) is 13.2 Å². The smallest absolute Gasteiger partial charge is 0.306 e. The Bertz CT molecular complexity index is 966. The number of nitrogens with one attached hydrogen (secondary N) is 1. The molecule has 1 aliphatic carbocycles. The third-order valence-corrected chi connectivity index (χ3v) is 6.17. The first kappa shape index (κ1) is 32.5. The standard InChI is InChI=1S/C32H45N3O3/c1-5-8-10-11-13-21-35-31(36)29(16-14-20-33-25-27(7-3)15-12-9-6-2)23-26(4)34-22-19-28-17-18-30(24-28)32(37)38/h5,7,9,11-14,16,20,22-23,25,27-28,30H,1,3,6,8,10,15,17-19,21,24H2,2,4H3,(H,35,36)(H,37,38)/b12-9+,13-11+,20-14+,26-23+,29-16+,33-25?,34-22?. The van der Waals surface area contributed by atoms with Crippen LogP contribution in [0.4, 0.5) is 0 Å². The van der Waals surface area contributed by atoms with Gasteiger partial charge in [-0.3, -0.25) is 19.6 Å². The van der Waals surface area contributed by atoms with Crippen molar-refractivity contribution in [3.63, 3.8) is 0 Å². The van der Waals surface area contributed by atoms with Crippen molar-refractivity contribution in [2.24, 2.45) is 27.7 Å². The molecule has 206 valence electrons. The van der Waals surface area contributed by atoms with Gasteiger partial charge in [0, 0.05) is 42.4 Å². The third-order valence-electron chi connectivity index (χ3n) is 6.17. The van der Waals surface area contributed by atoms with Crippen molar-refractivity contribution < 1.29 is 14.7 Å². The fraction of sp³-hybridized carbons (Fsp3) is 0.438. The molecule has 0 radical (unpaired) electrons. The van der Waals surface area contributed by atoms with Gasteiger partial charge >= 0.3 is 5.97 Å². The van der Waals surface area contributed by atoms with E-state index >= 15 is 0 Å². The van der Waals surface area contributed by atoms with Crippen LogP contribution in [0.5, 0.6) is 0 Å². The van der Waals surface area contributed by atoms with Gasteiger partial charge in [-0.05, 0) is 82.4 Å². The van der Waals surface area contributed by atoms with Gasteiger partial charge in [0.1, 0.15) is 0 Å². The normalized spacial score (nSPS) is 19.8. The summed E-state index contributed by atoms with van der Waals surface area (Å²) < 4.78 is 0. The summed E-state index contributed by atoms with van der Waals surface area (Å²) in [4.78, 5) is 32.9. The molecule has 0 aromatic carbocycles. The van der Waals surface area contributed by atoms with Gasteiger partial charge in [0.25, 0.3) is 5.91 Å². The van der Waals surface area contributed by atoms with E-state index in [0.717, 1.165) is 44.9 Å². The molecule has 6 nitrogen and oxygen atoms in total. The van der Waals surface area contributed by atoms with Crippen molar-refractivity contribution in [1.29, 1.82) is 0 Å².